The van der Waals surface area contributed by atoms with E-state index in [2.05, 4.69) is 0 Å². The number of hydrogen-bond acceptors (Lipinski definition) is 4. The minimum atomic E-state index is -0.366. The maximum absolute atomic E-state index is 12.4. The van der Waals surface area contributed by atoms with Gasteiger partial charge in [0, 0.05) is 25.7 Å². The SMILES string of the molecule is CC(OCC1CCCO1)C(=O)N1CC2CCC(N)C2C1. The summed E-state index contributed by atoms with van der Waals surface area (Å²) in [6.45, 7) is 4.89. The molecule has 2 saturated heterocycles. The summed E-state index contributed by atoms with van der Waals surface area (Å²) >= 11 is 0. The molecule has 0 aromatic rings. The lowest BCUT2D eigenvalue weighted by Gasteiger charge is -2.23. The Morgan fingerprint density at radius 2 is 2.25 bits per heavy atom. The summed E-state index contributed by atoms with van der Waals surface area (Å²) in [4.78, 5) is 14.4. The lowest BCUT2D eigenvalue weighted by molar-refractivity contribution is -0.143. The van der Waals surface area contributed by atoms with Crippen molar-refractivity contribution in [2.45, 2.75) is 50.9 Å². The third-order valence-electron chi connectivity index (χ3n) is 5.13. The van der Waals surface area contributed by atoms with E-state index in [0.717, 1.165) is 39.0 Å². The normalized spacial score (nSPS) is 38.2. The molecule has 0 aromatic carbocycles. The summed E-state index contributed by atoms with van der Waals surface area (Å²) in [5, 5.41) is 0. The molecule has 1 saturated carbocycles. The fraction of sp³-hybridized carbons (Fsp3) is 0.933. The molecular weight excluding hydrogens is 256 g/mol. The highest BCUT2D eigenvalue weighted by atomic mass is 16.5. The van der Waals surface area contributed by atoms with Crippen LogP contribution in [0.3, 0.4) is 0 Å². The molecule has 3 fully saturated rings. The van der Waals surface area contributed by atoms with Gasteiger partial charge in [-0.15, -0.1) is 0 Å². The van der Waals surface area contributed by atoms with Gasteiger partial charge in [0.2, 0.25) is 0 Å². The number of ether oxygens (including phenoxy) is 2. The lowest BCUT2D eigenvalue weighted by Crippen LogP contribution is -2.40. The van der Waals surface area contributed by atoms with Crippen LogP contribution in [-0.2, 0) is 14.3 Å². The van der Waals surface area contributed by atoms with Crippen LogP contribution in [0.4, 0.5) is 0 Å². The topological polar surface area (TPSA) is 64.8 Å². The van der Waals surface area contributed by atoms with Crippen molar-refractivity contribution >= 4 is 5.91 Å². The van der Waals surface area contributed by atoms with E-state index < -0.39 is 0 Å². The van der Waals surface area contributed by atoms with E-state index in [-0.39, 0.29) is 24.2 Å². The van der Waals surface area contributed by atoms with Gasteiger partial charge in [-0.2, -0.15) is 0 Å². The molecule has 114 valence electrons. The average molecular weight is 282 g/mol. The van der Waals surface area contributed by atoms with E-state index in [1.54, 1.807) is 0 Å². The predicted octanol–water partition coefficient (Wildman–Crippen LogP) is 0.766. The van der Waals surface area contributed by atoms with Crippen LogP contribution in [0.2, 0.25) is 0 Å². The van der Waals surface area contributed by atoms with E-state index in [4.69, 9.17) is 15.2 Å². The Balaban J connectivity index is 1.46. The van der Waals surface area contributed by atoms with Gasteiger partial charge in [-0.05, 0) is 44.4 Å². The van der Waals surface area contributed by atoms with Crippen LogP contribution in [0, 0.1) is 11.8 Å². The Kier molecular flexibility index (Phi) is 4.29. The summed E-state index contributed by atoms with van der Waals surface area (Å²) < 4.78 is 11.2. The van der Waals surface area contributed by atoms with Crippen LogP contribution < -0.4 is 5.73 Å². The first-order valence-electron chi connectivity index (χ1n) is 7.92. The van der Waals surface area contributed by atoms with Crippen molar-refractivity contribution in [1.82, 2.24) is 4.90 Å². The molecule has 3 rings (SSSR count). The molecule has 20 heavy (non-hydrogen) atoms. The molecule has 0 aromatic heterocycles. The highest BCUT2D eigenvalue weighted by Crippen LogP contribution is 2.37. The van der Waals surface area contributed by atoms with Crippen molar-refractivity contribution in [1.29, 1.82) is 0 Å². The van der Waals surface area contributed by atoms with Gasteiger partial charge < -0.3 is 20.1 Å². The highest BCUT2D eigenvalue weighted by Gasteiger charge is 2.43. The second-order valence-corrected chi connectivity index (χ2v) is 6.52. The first-order valence-corrected chi connectivity index (χ1v) is 7.92. The van der Waals surface area contributed by atoms with Crippen LogP contribution in [0.25, 0.3) is 0 Å². The number of fused-ring (bicyclic) bond motifs is 1. The molecule has 0 bridgehead atoms. The van der Waals surface area contributed by atoms with Crippen LogP contribution in [-0.4, -0.2) is 55.4 Å². The zero-order chi connectivity index (χ0) is 14.1. The van der Waals surface area contributed by atoms with Gasteiger partial charge in [0.25, 0.3) is 5.91 Å². The number of likely N-dealkylation sites (tertiary alicyclic amines) is 1. The van der Waals surface area contributed by atoms with Crippen molar-refractivity contribution in [3.05, 3.63) is 0 Å². The Labute approximate surface area is 120 Å². The fourth-order valence-electron chi connectivity index (χ4n) is 3.84. The molecule has 1 aliphatic carbocycles. The van der Waals surface area contributed by atoms with Crippen molar-refractivity contribution in [3.63, 3.8) is 0 Å². The van der Waals surface area contributed by atoms with Gasteiger partial charge in [-0.3, -0.25) is 4.79 Å². The van der Waals surface area contributed by atoms with Crippen molar-refractivity contribution in [3.8, 4) is 0 Å². The van der Waals surface area contributed by atoms with E-state index in [1.807, 2.05) is 11.8 Å². The second-order valence-electron chi connectivity index (χ2n) is 6.52. The molecule has 5 unspecified atom stereocenters. The van der Waals surface area contributed by atoms with Gasteiger partial charge in [0.15, 0.2) is 0 Å². The number of amides is 1. The number of carbonyl (C=O) groups is 1. The van der Waals surface area contributed by atoms with Gasteiger partial charge in [0.05, 0.1) is 12.7 Å². The summed E-state index contributed by atoms with van der Waals surface area (Å²) in [5.41, 5.74) is 6.11. The molecule has 2 aliphatic heterocycles. The second kappa shape index (κ2) is 6.00. The summed E-state index contributed by atoms with van der Waals surface area (Å²) in [6, 6.07) is 0.279. The quantitative estimate of drug-likeness (QED) is 0.827. The van der Waals surface area contributed by atoms with Gasteiger partial charge in [-0.25, -0.2) is 0 Å². The number of rotatable bonds is 4. The third kappa shape index (κ3) is 2.85. The summed E-state index contributed by atoms with van der Waals surface area (Å²) in [5.74, 6) is 1.23. The molecule has 3 aliphatic rings. The highest BCUT2D eigenvalue weighted by molar-refractivity contribution is 5.80. The lowest BCUT2D eigenvalue weighted by atomic mass is 9.98. The first-order chi connectivity index (χ1) is 9.65. The van der Waals surface area contributed by atoms with E-state index >= 15 is 0 Å². The van der Waals surface area contributed by atoms with Crippen LogP contribution in [0.5, 0.6) is 0 Å². The fourth-order valence-corrected chi connectivity index (χ4v) is 3.84. The Bertz CT molecular complexity index is 357. The zero-order valence-electron chi connectivity index (χ0n) is 12.3. The monoisotopic (exact) mass is 282 g/mol. The van der Waals surface area contributed by atoms with E-state index in [9.17, 15) is 4.79 Å². The molecule has 2 heterocycles. The zero-order valence-corrected chi connectivity index (χ0v) is 12.3. The smallest absolute Gasteiger partial charge is 0.251 e. The van der Waals surface area contributed by atoms with Gasteiger partial charge in [-0.1, -0.05) is 0 Å². The maximum atomic E-state index is 12.4. The third-order valence-corrected chi connectivity index (χ3v) is 5.13. The molecule has 5 heteroatoms. The standard InChI is InChI=1S/C15H26N2O3/c1-10(20-9-12-3-2-6-19-12)15(18)17-7-11-4-5-14(16)13(11)8-17/h10-14H,2-9,16H2,1H3. The Hall–Kier alpha value is -0.650. The van der Waals surface area contributed by atoms with Crippen LogP contribution >= 0.6 is 0 Å². The van der Waals surface area contributed by atoms with Crippen molar-refractivity contribution < 1.29 is 14.3 Å². The summed E-state index contributed by atoms with van der Waals surface area (Å²) in [6.07, 6.45) is 4.24. The molecule has 1 amide bonds. The largest absolute Gasteiger partial charge is 0.376 e. The molecular formula is C15H26N2O3. The molecule has 5 nitrogen and oxygen atoms in total. The Morgan fingerprint density at radius 3 is 2.95 bits per heavy atom. The number of carbonyl (C=O) groups excluding carboxylic acids is 1. The number of nitrogens with zero attached hydrogens (tertiary/aromatic N) is 1. The number of nitrogens with two attached hydrogens (primary N) is 1. The van der Waals surface area contributed by atoms with E-state index in [1.165, 1.54) is 6.42 Å². The van der Waals surface area contributed by atoms with Crippen molar-refractivity contribution in [2.24, 2.45) is 17.6 Å². The molecule has 5 atom stereocenters. The predicted molar refractivity (Wildman–Crippen MR) is 75.2 cm³/mol. The van der Waals surface area contributed by atoms with Crippen LogP contribution in [0.15, 0.2) is 0 Å². The Morgan fingerprint density at radius 1 is 1.40 bits per heavy atom. The van der Waals surface area contributed by atoms with Crippen LogP contribution in [0.1, 0.15) is 32.6 Å². The minimum Gasteiger partial charge on any atom is -0.376 e. The first kappa shape index (κ1) is 14.3. The minimum absolute atomic E-state index is 0.115. The summed E-state index contributed by atoms with van der Waals surface area (Å²) in [7, 11) is 0. The number of hydrogen-bond donors (Lipinski definition) is 1. The molecule has 0 spiro atoms. The van der Waals surface area contributed by atoms with Gasteiger partial charge in [0.1, 0.15) is 6.10 Å². The van der Waals surface area contributed by atoms with E-state index in [0.29, 0.717) is 18.4 Å². The van der Waals surface area contributed by atoms with Crippen molar-refractivity contribution in [2.75, 3.05) is 26.3 Å². The van der Waals surface area contributed by atoms with Gasteiger partial charge >= 0.3 is 0 Å². The molecule has 2 N–H and O–H groups in total. The maximum Gasteiger partial charge on any atom is 0.251 e. The molecule has 0 radical (unpaired) electrons. The average Bonchev–Trinajstić information content (AvgIpc) is 3.14.